The first kappa shape index (κ1) is 28.9. The molecule has 4 rings (SSSR count). The van der Waals surface area contributed by atoms with E-state index < -0.39 is 12.0 Å². The van der Waals surface area contributed by atoms with Crippen molar-refractivity contribution in [1.29, 1.82) is 0 Å². The van der Waals surface area contributed by atoms with Crippen molar-refractivity contribution in [2.24, 2.45) is 4.99 Å². The molecule has 9 nitrogen and oxygen atoms in total. The standard InChI is InChI=1S/C30H34N2O7S/c1-8-37-24-14-19(10-12-22(24)39-17(3)4)15-25-28(33)32-27(20-11-13-21(35-6)23(16-20)36-7)26(29(34)38-9-2)18(5)31-30(32)40-25/h10-17,27H,8-9H2,1-7H3/b25-15-/t27-/m0/s1. The zero-order valence-corrected chi connectivity index (χ0v) is 24.6. The third-order valence-corrected chi connectivity index (χ3v) is 7.15. The summed E-state index contributed by atoms with van der Waals surface area (Å²) in [4.78, 5) is 32.2. The largest absolute Gasteiger partial charge is 0.493 e. The number of carbonyl (C=O) groups is 1. The second kappa shape index (κ2) is 12.4. The van der Waals surface area contributed by atoms with E-state index in [0.717, 1.165) is 5.56 Å². The van der Waals surface area contributed by atoms with Gasteiger partial charge in [0, 0.05) is 0 Å². The molecule has 0 spiro atoms. The van der Waals surface area contributed by atoms with Gasteiger partial charge in [0.15, 0.2) is 27.8 Å². The molecule has 0 aliphatic carbocycles. The number of hydrogen-bond acceptors (Lipinski definition) is 9. The maximum absolute atomic E-state index is 13.9. The molecule has 2 heterocycles. The SMILES string of the molecule is CCOC(=O)C1=C(C)N=c2s/c(=C\c3ccc(OC(C)C)c(OCC)c3)c(=O)n2[C@H]1c1ccc(OC)c(OC)c1. The zero-order chi connectivity index (χ0) is 29.0. The Balaban J connectivity index is 1.91. The summed E-state index contributed by atoms with van der Waals surface area (Å²) >= 11 is 1.25. The third-order valence-electron chi connectivity index (χ3n) is 6.17. The van der Waals surface area contributed by atoms with E-state index in [1.54, 1.807) is 39.2 Å². The van der Waals surface area contributed by atoms with Crippen LogP contribution < -0.4 is 33.8 Å². The van der Waals surface area contributed by atoms with Crippen LogP contribution in [0.4, 0.5) is 0 Å². The predicted octanol–water partition coefficient (Wildman–Crippen LogP) is 4.00. The zero-order valence-electron chi connectivity index (χ0n) is 23.8. The number of ether oxygens (including phenoxy) is 5. The summed E-state index contributed by atoms with van der Waals surface area (Å²) in [6.45, 7) is 9.96. The van der Waals surface area contributed by atoms with Gasteiger partial charge >= 0.3 is 5.97 Å². The Kier molecular flexibility index (Phi) is 8.99. The third kappa shape index (κ3) is 5.77. The van der Waals surface area contributed by atoms with Crippen molar-refractivity contribution in [2.75, 3.05) is 27.4 Å². The number of benzene rings is 2. The van der Waals surface area contributed by atoms with Gasteiger partial charge in [0.1, 0.15) is 0 Å². The maximum atomic E-state index is 13.9. The van der Waals surface area contributed by atoms with Crippen molar-refractivity contribution < 1.29 is 28.5 Å². The van der Waals surface area contributed by atoms with Crippen LogP contribution in [0.1, 0.15) is 51.8 Å². The molecule has 0 unspecified atom stereocenters. The Hall–Kier alpha value is -4.05. The van der Waals surface area contributed by atoms with Gasteiger partial charge in [0.2, 0.25) is 0 Å². The number of thiazole rings is 1. The topological polar surface area (TPSA) is 97.6 Å². The fourth-order valence-corrected chi connectivity index (χ4v) is 5.56. The summed E-state index contributed by atoms with van der Waals surface area (Å²) < 4.78 is 30.0. The number of aromatic nitrogens is 1. The van der Waals surface area contributed by atoms with Crippen LogP contribution in [0, 0.1) is 0 Å². The van der Waals surface area contributed by atoms with Crippen LogP contribution in [-0.2, 0) is 9.53 Å². The van der Waals surface area contributed by atoms with Crippen molar-refractivity contribution in [3.8, 4) is 23.0 Å². The summed E-state index contributed by atoms with van der Waals surface area (Å²) in [5.41, 5.74) is 1.94. The van der Waals surface area contributed by atoms with E-state index in [9.17, 15) is 9.59 Å². The molecule has 10 heteroatoms. The molecule has 3 aromatic rings. The van der Waals surface area contributed by atoms with Crippen LogP contribution in [0.5, 0.6) is 23.0 Å². The molecule has 0 saturated carbocycles. The number of rotatable bonds is 10. The second-order valence-electron chi connectivity index (χ2n) is 9.22. The lowest BCUT2D eigenvalue weighted by molar-refractivity contribution is -0.139. The first-order valence-corrected chi connectivity index (χ1v) is 13.9. The quantitative estimate of drug-likeness (QED) is 0.342. The summed E-state index contributed by atoms with van der Waals surface area (Å²) in [7, 11) is 3.08. The average molecular weight is 567 g/mol. The number of allylic oxidation sites excluding steroid dienone is 1. The Labute approximate surface area is 236 Å². The van der Waals surface area contributed by atoms with E-state index in [0.29, 0.717) is 55.8 Å². The van der Waals surface area contributed by atoms with Gasteiger partial charge in [-0.15, -0.1) is 0 Å². The number of methoxy groups -OCH3 is 2. The minimum atomic E-state index is -0.766. The molecular weight excluding hydrogens is 532 g/mol. The van der Waals surface area contributed by atoms with Gasteiger partial charge in [-0.3, -0.25) is 9.36 Å². The first-order chi connectivity index (χ1) is 19.2. The highest BCUT2D eigenvalue weighted by atomic mass is 32.1. The van der Waals surface area contributed by atoms with Gasteiger partial charge in [-0.25, -0.2) is 9.79 Å². The molecule has 1 aromatic heterocycles. The molecule has 2 aromatic carbocycles. The lowest BCUT2D eigenvalue weighted by Crippen LogP contribution is -2.40. The van der Waals surface area contributed by atoms with Crippen LogP contribution >= 0.6 is 11.3 Å². The smallest absolute Gasteiger partial charge is 0.338 e. The molecule has 0 N–H and O–H groups in total. The Morgan fingerprint density at radius 1 is 1.02 bits per heavy atom. The highest BCUT2D eigenvalue weighted by Gasteiger charge is 2.34. The average Bonchev–Trinajstić information content (AvgIpc) is 3.22. The highest BCUT2D eigenvalue weighted by Crippen LogP contribution is 2.36. The fourth-order valence-electron chi connectivity index (χ4n) is 4.52. The Morgan fingerprint density at radius 2 is 1.75 bits per heavy atom. The molecule has 1 aliphatic rings. The van der Waals surface area contributed by atoms with Gasteiger partial charge in [-0.1, -0.05) is 23.5 Å². The van der Waals surface area contributed by atoms with E-state index in [4.69, 9.17) is 23.7 Å². The predicted molar refractivity (Wildman–Crippen MR) is 153 cm³/mol. The monoisotopic (exact) mass is 566 g/mol. The molecular formula is C30H34N2O7S. The number of nitrogens with zero attached hydrogens (tertiary/aromatic N) is 2. The summed E-state index contributed by atoms with van der Waals surface area (Å²) in [6, 6.07) is 10.1. The van der Waals surface area contributed by atoms with Crippen molar-refractivity contribution >= 4 is 23.4 Å². The van der Waals surface area contributed by atoms with Crippen LogP contribution in [-0.4, -0.2) is 44.1 Å². The van der Waals surface area contributed by atoms with E-state index in [1.165, 1.54) is 23.0 Å². The maximum Gasteiger partial charge on any atom is 0.338 e. The molecule has 212 valence electrons. The molecule has 0 amide bonds. The Bertz CT molecular complexity index is 1620. The molecule has 0 fully saturated rings. The Morgan fingerprint density at radius 3 is 2.40 bits per heavy atom. The van der Waals surface area contributed by atoms with Gasteiger partial charge in [0.05, 0.1) is 55.4 Å². The van der Waals surface area contributed by atoms with Crippen LogP contribution in [0.15, 0.2) is 57.5 Å². The van der Waals surface area contributed by atoms with Gasteiger partial charge in [0.25, 0.3) is 5.56 Å². The normalized spacial score (nSPS) is 15.0. The molecule has 0 saturated heterocycles. The molecule has 1 aliphatic heterocycles. The second-order valence-corrected chi connectivity index (χ2v) is 10.2. The van der Waals surface area contributed by atoms with Crippen LogP contribution in [0.25, 0.3) is 6.08 Å². The van der Waals surface area contributed by atoms with E-state index in [2.05, 4.69) is 4.99 Å². The van der Waals surface area contributed by atoms with Crippen LogP contribution in [0.2, 0.25) is 0 Å². The molecule has 0 bridgehead atoms. The van der Waals surface area contributed by atoms with Gasteiger partial charge in [-0.05, 0) is 76.1 Å². The first-order valence-electron chi connectivity index (χ1n) is 13.1. The number of hydrogen-bond donors (Lipinski definition) is 0. The van der Waals surface area contributed by atoms with E-state index in [1.807, 2.05) is 45.0 Å². The number of carbonyl (C=O) groups excluding carboxylic acids is 1. The minimum absolute atomic E-state index is 0.0119. The van der Waals surface area contributed by atoms with E-state index >= 15 is 0 Å². The van der Waals surface area contributed by atoms with Crippen molar-refractivity contribution in [1.82, 2.24) is 4.57 Å². The van der Waals surface area contributed by atoms with E-state index in [-0.39, 0.29) is 18.3 Å². The highest BCUT2D eigenvalue weighted by molar-refractivity contribution is 7.07. The fraction of sp³-hybridized carbons (Fsp3) is 0.367. The lowest BCUT2D eigenvalue weighted by Gasteiger charge is -2.25. The molecule has 1 atom stereocenters. The van der Waals surface area contributed by atoms with Gasteiger partial charge < -0.3 is 23.7 Å². The van der Waals surface area contributed by atoms with Crippen LogP contribution in [0.3, 0.4) is 0 Å². The molecule has 0 radical (unpaired) electrons. The summed E-state index contributed by atoms with van der Waals surface area (Å²) in [5, 5.41) is 0. The number of esters is 1. The minimum Gasteiger partial charge on any atom is -0.493 e. The van der Waals surface area contributed by atoms with Gasteiger partial charge in [-0.2, -0.15) is 0 Å². The van der Waals surface area contributed by atoms with Crippen molar-refractivity contribution in [3.63, 3.8) is 0 Å². The lowest BCUT2D eigenvalue weighted by atomic mass is 9.95. The number of fused-ring (bicyclic) bond motifs is 1. The van der Waals surface area contributed by atoms with Crippen molar-refractivity contribution in [2.45, 2.75) is 46.8 Å². The summed E-state index contributed by atoms with van der Waals surface area (Å²) in [6.07, 6.45) is 1.78. The molecule has 40 heavy (non-hydrogen) atoms. The summed E-state index contributed by atoms with van der Waals surface area (Å²) in [5.74, 6) is 1.72. The van der Waals surface area contributed by atoms with Crippen molar-refractivity contribution in [3.05, 3.63) is 78.5 Å².